The minimum absolute atomic E-state index is 0.270. The Morgan fingerprint density at radius 1 is 1.14 bits per heavy atom. The lowest BCUT2D eigenvalue weighted by Gasteiger charge is -2.28. The highest BCUT2D eigenvalue weighted by atomic mass is 32.2. The predicted molar refractivity (Wildman–Crippen MR) is 108 cm³/mol. The molecule has 0 saturated heterocycles. The Morgan fingerprint density at radius 3 is 2.48 bits per heavy atom. The summed E-state index contributed by atoms with van der Waals surface area (Å²) in [5, 5.41) is 0. The molecule has 29 heavy (non-hydrogen) atoms. The molecule has 2 aromatic carbocycles. The number of benzene rings is 2. The summed E-state index contributed by atoms with van der Waals surface area (Å²) in [6.45, 7) is 2.20. The number of ether oxygens (including phenoxy) is 2. The molecule has 0 N–H and O–H groups in total. The van der Waals surface area contributed by atoms with Crippen molar-refractivity contribution in [2.24, 2.45) is 7.05 Å². The fraction of sp³-hybridized carbons (Fsp3) is 0.350. The third-order valence-electron chi connectivity index (χ3n) is 5.21. The molecule has 0 fully saturated rings. The number of methoxy groups -OCH3 is 1. The summed E-state index contributed by atoms with van der Waals surface area (Å²) in [6, 6.07) is 5.27. The van der Waals surface area contributed by atoms with E-state index in [4.69, 9.17) is 9.47 Å². The van der Waals surface area contributed by atoms with E-state index in [-0.39, 0.29) is 5.75 Å². The van der Waals surface area contributed by atoms with Crippen molar-refractivity contribution in [2.75, 3.05) is 25.7 Å². The zero-order valence-electron chi connectivity index (χ0n) is 16.5. The predicted octanol–water partition coefficient (Wildman–Crippen LogP) is 2.50. The van der Waals surface area contributed by atoms with Gasteiger partial charge in [0.1, 0.15) is 15.7 Å². The first-order chi connectivity index (χ1) is 13.7. The zero-order valence-corrected chi connectivity index (χ0v) is 17.3. The first-order valence-electron chi connectivity index (χ1n) is 9.09. The van der Waals surface area contributed by atoms with Gasteiger partial charge in [-0.15, -0.1) is 0 Å². The van der Waals surface area contributed by atoms with Crippen LogP contribution in [-0.2, 0) is 16.9 Å². The Bertz CT molecular complexity index is 1310. The van der Waals surface area contributed by atoms with Crippen molar-refractivity contribution in [3.8, 4) is 22.6 Å². The fourth-order valence-electron chi connectivity index (χ4n) is 4.05. The van der Waals surface area contributed by atoms with Gasteiger partial charge in [-0.25, -0.2) is 17.6 Å². The number of aromatic nitrogens is 2. The van der Waals surface area contributed by atoms with Crippen LogP contribution >= 0.6 is 0 Å². The first kappa shape index (κ1) is 19.5. The molecule has 0 radical (unpaired) electrons. The molecule has 0 saturated carbocycles. The van der Waals surface area contributed by atoms with E-state index in [0.717, 1.165) is 6.26 Å². The molecule has 0 amide bonds. The molecule has 9 heteroatoms. The molecule has 1 atom stereocenters. The number of hydrogen-bond donors (Lipinski definition) is 0. The number of imidazole rings is 1. The van der Waals surface area contributed by atoms with Crippen LogP contribution in [0.4, 0.5) is 4.39 Å². The van der Waals surface area contributed by atoms with Crippen LogP contribution in [0.5, 0.6) is 11.5 Å². The van der Waals surface area contributed by atoms with Crippen LogP contribution in [0.3, 0.4) is 0 Å². The summed E-state index contributed by atoms with van der Waals surface area (Å²) in [5.41, 5.74) is 2.22. The van der Waals surface area contributed by atoms with Gasteiger partial charge in [-0.1, -0.05) is 0 Å². The highest BCUT2D eigenvalue weighted by molar-refractivity contribution is 7.90. The molecule has 2 heterocycles. The largest absolute Gasteiger partial charge is 0.493 e. The van der Waals surface area contributed by atoms with Gasteiger partial charge in [-0.05, 0) is 42.3 Å². The van der Waals surface area contributed by atoms with Gasteiger partial charge in [0.15, 0.2) is 11.5 Å². The zero-order chi connectivity index (χ0) is 21.1. The van der Waals surface area contributed by atoms with Crippen LogP contribution in [0.25, 0.3) is 22.2 Å². The molecule has 1 aromatic heterocycles. The van der Waals surface area contributed by atoms with Gasteiger partial charge >= 0.3 is 5.69 Å². The second kappa shape index (κ2) is 6.62. The molecule has 0 bridgehead atoms. The smallest absolute Gasteiger partial charge is 0.329 e. The lowest BCUT2D eigenvalue weighted by Crippen LogP contribution is -2.32. The maximum absolute atomic E-state index is 14.4. The third-order valence-corrected chi connectivity index (χ3v) is 6.13. The molecular weight excluding hydrogens is 399 g/mol. The number of halogens is 1. The third kappa shape index (κ3) is 3.00. The van der Waals surface area contributed by atoms with E-state index >= 15 is 0 Å². The molecule has 0 spiro atoms. The highest BCUT2D eigenvalue weighted by Crippen LogP contribution is 2.46. The minimum atomic E-state index is -3.44. The van der Waals surface area contributed by atoms with E-state index in [0.29, 0.717) is 45.8 Å². The lowest BCUT2D eigenvalue weighted by atomic mass is 9.90. The normalized spacial score (nSPS) is 15.4. The summed E-state index contributed by atoms with van der Waals surface area (Å²) >= 11 is 0. The van der Waals surface area contributed by atoms with Crippen molar-refractivity contribution >= 4 is 20.9 Å². The highest BCUT2D eigenvalue weighted by Gasteiger charge is 2.34. The molecule has 7 nitrogen and oxygen atoms in total. The van der Waals surface area contributed by atoms with Gasteiger partial charge in [0.05, 0.1) is 36.5 Å². The van der Waals surface area contributed by atoms with Crippen molar-refractivity contribution in [2.45, 2.75) is 13.0 Å². The number of aryl methyl sites for hydroxylation is 1. The Labute approximate surface area is 167 Å². The van der Waals surface area contributed by atoms with Gasteiger partial charge in [0.25, 0.3) is 0 Å². The van der Waals surface area contributed by atoms with Crippen LogP contribution in [0.2, 0.25) is 0 Å². The Morgan fingerprint density at radius 2 is 1.86 bits per heavy atom. The molecule has 1 aliphatic heterocycles. The average molecular weight is 420 g/mol. The van der Waals surface area contributed by atoms with Crippen molar-refractivity contribution < 1.29 is 22.3 Å². The van der Waals surface area contributed by atoms with Gasteiger partial charge in [0.2, 0.25) is 0 Å². The molecule has 3 aromatic rings. The van der Waals surface area contributed by atoms with E-state index < -0.39 is 27.4 Å². The van der Waals surface area contributed by atoms with Crippen LogP contribution in [0, 0.1) is 5.82 Å². The minimum Gasteiger partial charge on any atom is -0.493 e. The number of fused-ring (bicyclic) bond motifs is 2. The van der Waals surface area contributed by atoms with Gasteiger partial charge < -0.3 is 9.47 Å². The Kier molecular flexibility index (Phi) is 4.45. The molecular formula is C20H21FN2O5S. The van der Waals surface area contributed by atoms with Crippen molar-refractivity contribution in [1.82, 2.24) is 9.13 Å². The number of sulfone groups is 1. The maximum atomic E-state index is 14.4. The number of hydrogen-bond acceptors (Lipinski definition) is 5. The number of rotatable bonds is 5. The first-order valence-corrected chi connectivity index (χ1v) is 11.2. The Balaban J connectivity index is 2.16. The summed E-state index contributed by atoms with van der Waals surface area (Å²) < 4.78 is 52.7. The second-order valence-corrected chi connectivity index (χ2v) is 9.35. The van der Waals surface area contributed by atoms with E-state index in [1.807, 2.05) is 6.92 Å². The Hall–Kier alpha value is -2.81. The SMILES string of the molecule is CCOc1cc2c(cc1OC)-c1cc(F)cc3c1n(c(=O)n3C)[C@@H]2CS(C)(=O)=O. The standard InChI is InChI=1S/C20H21FN2O5S/c1-5-28-18-9-13-12(8-17(18)27-3)14-6-11(21)7-15-19(14)23(20(24)22(15)2)16(13)10-29(4,25)26/h6-9,16H,5,10H2,1-4H3/t16-/m1/s1. The van der Waals surface area contributed by atoms with Gasteiger partial charge in [-0.2, -0.15) is 0 Å². The molecule has 1 aliphatic rings. The second-order valence-electron chi connectivity index (χ2n) is 7.16. The summed E-state index contributed by atoms with van der Waals surface area (Å²) in [4.78, 5) is 13.0. The van der Waals surface area contributed by atoms with E-state index in [1.54, 1.807) is 19.2 Å². The van der Waals surface area contributed by atoms with Crippen LogP contribution in [-0.4, -0.2) is 43.3 Å². The van der Waals surface area contributed by atoms with Crippen LogP contribution in [0.15, 0.2) is 29.1 Å². The molecule has 4 rings (SSSR count). The van der Waals surface area contributed by atoms with Crippen molar-refractivity contribution in [3.63, 3.8) is 0 Å². The van der Waals surface area contributed by atoms with E-state index in [2.05, 4.69) is 0 Å². The van der Waals surface area contributed by atoms with Crippen LogP contribution < -0.4 is 15.2 Å². The van der Waals surface area contributed by atoms with Gasteiger partial charge in [0, 0.05) is 18.9 Å². The van der Waals surface area contributed by atoms with Crippen LogP contribution in [0.1, 0.15) is 18.5 Å². The number of nitrogens with zero attached hydrogens (tertiary/aromatic N) is 2. The topological polar surface area (TPSA) is 79.5 Å². The quantitative estimate of drug-likeness (QED) is 0.634. The van der Waals surface area contributed by atoms with E-state index in [9.17, 15) is 17.6 Å². The van der Waals surface area contributed by atoms with Crippen molar-refractivity contribution in [3.05, 3.63) is 46.1 Å². The van der Waals surface area contributed by atoms with Gasteiger partial charge in [-0.3, -0.25) is 9.13 Å². The van der Waals surface area contributed by atoms with E-state index in [1.165, 1.54) is 28.4 Å². The summed E-state index contributed by atoms with van der Waals surface area (Å²) in [5.74, 6) is 0.133. The lowest BCUT2D eigenvalue weighted by molar-refractivity contribution is 0.310. The average Bonchev–Trinajstić information content (AvgIpc) is 2.89. The maximum Gasteiger partial charge on any atom is 0.329 e. The monoisotopic (exact) mass is 420 g/mol. The fourth-order valence-corrected chi connectivity index (χ4v) is 4.95. The van der Waals surface area contributed by atoms with Crippen molar-refractivity contribution in [1.29, 1.82) is 0 Å². The molecule has 0 aliphatic carbocycles. The molecule has 0 unspecified atom stereocenters. The summed E-state index contributed by atoms with van der Waals surface area (Å²) in [6.07, 6.45) is 1.13. The summed E-state index contributed by atoms with van der Waals surface area (Å²) in [7, 11) is -0.391. The molecule has 154 valence electrons.